The van der Waals surface area contributed by atoms with Gasteiger partial charge in [-0.05, 0) is 12.8 Å². The molecule has 0 saturated carbocycles. The summed E-state index contributed by atoms with van der Waals surface area (Å²) in [5, 5.41) is 0. The van der Waals surface area contributed by atoms with E-state index in [4.69, 9.17) is 0 Å². The highest BCUT2D eigenvalue weighted by molar-refractivity contribution is 6.06. The minimum atomic E-state index is -0.447. The average Bonchev–Trinajstić information content (AvgIpc) is 1.65. The van der Waals surface area contributed by atoms with Gasteiger partial charge in [-0.15, -0.1) is 6.42 Å². The molecule has 2 heteroatoms. The van der Waals surface area contributed by atoms with E-state index in [2.05, 4.69) is 6.42 Å². The Morgan fingerprint density at radius 2 is 2.12 bits per heavy atom. The van der Waals surface area contributed by atoms with Gasteiger partial charge in [-0.1, -0.05) is 0 Å². The lowest BCUT2D eigenvalue weighted by Gasteiger charge is -1.81. The van der Waals surface area contributed by atoms with Crippen LogP contribution in [-0.4, -0.2) is 11.6 Å². The Morgan fingerprint density at radius 1 is 1.62 bits per heavy atom. The van der Waals surface area contributed by atoms with Crippen molar-refractivity contribution < 1.29 is 9.59 Å². The molecule has 0 amide bonds. The number of Topliss-reactive ketones (excluding diaryl/α,β-unsaturated/α-hetero) is 2. The molecule has 0 rings (SSSR count). The number of carbonyl (C=O) groups is 2. The Kier molecular flexibility index (Phi) is 2.57. The SMILES string of the molecule is C#CC(=O)CC(C)=O. The molecule has 0 spiro atoms. The van der Waals surface area contributed by atoms with E-state index >= 15 is 0 Å². The molecular formula is C6H6O2. The number of terminal acetylenes is 1. The van der Waals surface area contributed by atoms with Crippen molar-refractivity contribution in [1.29, 1.82) is 0 Å². The van der Waals surface area contributed by atoms with E-state index in [0.29, 0.717) is 0 Å². The molecule has 0 aliphatic carbocycles. The van der Waals surface area contributed by atoms with Crippen LogP contribution >= 0.6 is 0 Å². The molecular weight excluding hydrogens is 104 g/mol. The summed E-state index contributed by atoms with van der Waals surface area (Å²) in [5.74, 6) is 1.20. The Hall–Kier alpha value is -1.10. The third kappa shape index (κ3) is 3.10. The highest BCUT2D eigenvalue weighted by Gasteiger charge is 1.98. The Labute approximate surface area is 47.9 Å². The molecule has 0 aromatic rings. The van der Waals surface area contributed by atoms with Crippen molar-refractivity contribution in [3.8, 4) is 12.3 Å². The second-order valence-electron chi connectivity index (χ2n) is 1.45. The van der Waals surface area contributed by atoms with E-state index < -0.39 is 5.78 Å². The van der Waals surface area contributed by atoms with Crippen LogP contribution in [0.4, 0.5) is 0 Å². The van der Waals surface area contributed by atoms with E-state index in [1.807, 2.05) is 5.92 Å². The van der Waals surface area contributed by atoms with Crippen LogP contribution in [0.5, 0.6) is 0 Å². The highest BCUT2D eigenvalue weighted by Crippen LogP contribution is 1.80. The van der Waals surface area contributed by atoms with E-state index in [1.54, 1.807) is 0 Å². The van der Waals surface area contributed by atoms with E-state index in [1.165, 1.54) is 6.92 Å². The molecule has 0 N–H and O–H groups in total. The van der Waals surface area contributed by atoms with Crippen LogP contribution < -0.4 is 0 Å². The fourth-order valence-electron chi connectivity index (χ4n) is 0.277. The molecule has 0 saturated heterocycles. The Balaban J connectivity index is 3.61. The monoisotopic (exact) mass is 110 g/mol. The Bertz CT molecular complexity index is 150. The number of hydrogen-bond donors (Lipinski definition) is 0. The first-order valence-electron chi connectivity index (χ1n) is 2.15. The van der Waals surface area contributed by atoms with E-state index in [-0.39, 0.29) is 12.2 Å². The minimum absolute atomic E-state index is 0.128. The van der Waals surface area contributed by atoms with Gasteiger partial charge in [0.25, 0.3) is 0 Å². The molecule has 8 heavy (non-hydrogen) atoms. The Morgan fingerprint density at radius 3 is 2.25 bits per heavy atom. The summed E-state index contributed by atoms with van der Waals surface area (Å²) in [6.07, 6.45) is 4.54. The summed E-state index contributed by atoms with van der Waals surface area (Å²) in [5.41, 5.74) is 0. The molecule has 0 aromatic heterocycles. The van der Waals surface area contributed by atoms with Gasteiger partial charge in [0, 0.05) is 0 Å². The predicted molar refractivity (Wildman–Crippen MR) is 29.1 cm³/mol. The van der Waals surface area contributed by atoms with Crippen molar-refractivity contribution in [3.05, 3.63) is 0 Å². The lowest BCUT2D eigenvalue weighted by molar-refractivity contribution is -0.122. The van der Waals surface area contributed by atoms with Gasteiger partial charge in [0.05, 0.1) is 6.42 Å². The average molecular weight is 110 g/mol. The van der Waals surface area contributed by atoms with Gasteiger partial charge in [-0.3, -0.25) is 9.59 Å². The van der Waals surface area contributed by atoms with Crippen molar-refractivity contribution in [3.63, 3.8) is 0 Å². The number of carbonyl (C=O) groups excluding carboxylic acids is 2. The van der Waals surface area contributed by atoms with Crippen LogP contribution in [0.1, 0.15) is 13.3 Å². The maximum absolute atomic E-state index is 10.2. The van der Waals surface area contributed by atoms with Crippen LogP contribution in [-0.2, 0) is 9.59 Å². The van der Waals surface area contributed by atoms with Crippen molar-refractivity contribution in [2.75, 3.05) is 0 Å². The largest absolute Gasteiger partial charge is 0.299 e. The first kappa shape index (κ1) is 6.90. The fraction of sp³-hybridized carbons (Fsp3) is 0.333. The van der Waals surface area contributed by atoms with Crippen molar-refractivity contribution in [2.45, 2.75) is 13.3 Å². The summed E-state index contributed by atoms with van der Waals surface area (Å²) < 4.78 is 0. The lowest BCUT2D eigenvalue weighted by Crippen LogP contribution is -1.99. The van der Waals surface area contributed by atoms with Crippen LogP contribution in [0.3, 0.4) is 0 Å². The van der Waals surface area contributed by atoms with Crippen molar-refractivity contribution >= 4 is 11.6 Å². The first-order valence-corrected chi connectivity index (χ1v) is 2.15. The molecule has 0 atom stereocenters. The predicted octanol–water partition coefficient (Wildman–Crippen LogP) is 0.168. The van der Waals surface area contributed by atoms with Gasteiger partial charge in [0.2, 0.25) is 5.78 Å². The van der Waals surface area contributed by atoms with E-state index in [9.17, 15) is 9.59 Å². The molecule has 0 bridgehead atoms. The number of hydrogen-bond acceptors (Lipinski definition) is 2. The van der Waals surface area contributed by atoms with Crippen LogP contribution in [0.2, 0.25) is 0 Å². The number of rotatable bonds is 2. The summed E-state index contributed by atoms with van der Waals surface area (Å²) in [6.45, 7) is 1.33. The van der Waals surface area contributed by atoms with Crippen LogP contribution in [0, 0.1) is 12.3 Å². The molecule has 42 valence electrons. The van der Waals surface area contributed by atoms with Gasteiger partial charge in [-0.25, -0.2) is 0 Å². The van der Waals surface area contributed by atoms with Crippen LogP contribution in [0.15, 0.2) is 0 Å². The third-order valence-electron chi connectivity index (χ3n) is 0.570. The second kappa shape index (κ2) is 2.98. The molecule has 0 aliphatic heterocycles. The summed E-state index contributed by atoms with van der Waals surface area (Å²) in [6, 6.07) is 0. The molecule has 0 aromatic carbocycles. The van der Waals surface area contributed by atoms with Gasteiger partial charge >= 0.3 is 0 Å². The molecule has 0 fully saturated rings. The van der Waals surface area contributed by atoms with E-state index in [0.717, 1.165) is 0 Å². The minimum Gasteiger partial charge on any atom is -0.299 e. The zero-order valence-electron chi connectivity index (χ0n) is 4.60. The molecule has 2 nitrogen and oxygen atoms in total. The second-order valence-corrected chi connectivity index (χ2v) is 1.45. The van der Waals surface area contributed by atoms with Gasteiger partial charge < -0.3 is 0 Å². The van der Waals surface area contributed by atoms with Crippen molar-refractivity contribution in [1.82, 2.24) is 0 Å². The third-order valence-corrected chi connectivity index (χ3v) is 0.570. The molecule has 0 aliphatic rings. The van der Waals surface area contributed by atoms with Crippen LogP contribution in [0.25, 0.3) is 0 Å². The summed E-state index contributed by atoms with van der Waals surface area (Å²) in [7, 11) is 0. The smallest absolute Gasteiger partial charge is 0.212 e. The first-order chi connectivity index (χ1) is 3.66. The standard InChI is InChI=1S/C6H6O2/c1-3-6(8)4-5(2)7/h1H,4H2,2H3. The zero-order chi connectivity index (χ0) is 6.57. The van der Waals surface area contributed by atoms with Crippen molar-refractivity contribution in [2.24, 2.45) is 0 Å². The van der Waals surface area contributed by atoms with Gasteiger partial charge in [-0.2, -0.15) is 0 Å². The molecule has 0 radical (unpaired) electrons. The summed E-state index contributed by atoms with van der Waals surface area (Å²) in [4.78, 5) is 20.3. The fourth-order valence-corrected chi connectivity index (χ4v) is 0.277. The topological polar surface area (TPSA) is 34.1 Å². The maximum atomic E-state index is 10.2. The maximum Gasteiger partial charge on any atom is 0.212 e. The zero-order valence-corrected chi connectivity index (χ0v) is 4.60. The summed E-state index contributed by atoms with van der Waals surface area (Å²) >= 11 is 0. The lowest BCUT2D eigenvalue weighted by atomic mass is 10.2. The number of ketones is 2. The normalized spacial score (nSPS) is 7.50. The molecule has 0 unspecified atom stereocenters. The highest BCUT2D eigenvalue weighted by atomic mass is 16.1. The van der Waals surface area contributed by atoms with Gasteiger partial charge in [0.15, 0.2) is 0 Å². The quantitative estimate of drug-likeness (QED) is 0.288. The molecule has 0 heterocycles. The van der Waals surface area contributed by atoms with Gasteiger partial charge in [0.1, 0.15) is 5.78 Å².